The number of benzene rings is 1. The lowest BCUT2D eigenvalue weighted by Crippen LogP contribution is -2.13. The van der Waals surface area contributed by atoms with E-state index in [0.717, 1.165) is 17.5 Å². The van der Waals surface area contributed by atoms with Crippen molar-refractivity contribution in [2.45, 2.75) is 64.0 Å². The van der Waals surface area contributed by atoms with Crippen LogP contribution in [0.1, 0.15) is 69.0 Å². The number of halogens is 3. The lowest BCUT2D eigenvalue weighted by molar-refractivity contribution is -0.141. The van der Waals surface area contributed by atoms with Crippen LogP contribution in [0.25, 0.3) is 11.1 Å². The molecule has 4 heteroatoms. The maximum atomic E-state index is 12.6. The first-order chi connectivity index (χ1) is 12.5. The molecule has 1 nitrogen and oxygen atoms in total. The molecule has 1 heterocycles. The maximum Gasteiger partial charge on any atom is 0.433 e. The third kappa shape index (κ3) is 4.66. The van der Waals surface area contributed by atoms with E-state index < -0.39 is 11.9 Å². The van der Waals surface area contributed by atoms with Crippen LogP contribution in [0.4, 0.5) is 13.2 Å². The van der Waals surface area contributed by atoms with Crippen LogP contribution in [-0.4, -0.2) is 4.98 Å². The Morgan fingerprint density at radius 2 is 1.58 bits per heavy atom. The van der Waals surface area contributed by atoms with E-state index in [1.165, 1.54) is 62.8 Å². The second-order valence-electron chi connectivity index (χ2n) is 7.41. The molecule has 3 rings (SSSR count). The molecular formula is C22H26F3N. The zero-order valence-electron chi connectivity index (χ0n) is 15.2. The molecule has 26 heavy (non-hydrogen) atoms. The smallest absolute Gasteiger partial charge is 0.251 e. The highest BCUT2D eigenvalue weighted by atomic mass is 19.4. The van der Waals surface area contributed by atoms with Gasteiger partial charge in [0.2, 0.25) is 0 Å². The summed E-state index contributed by atoms with van der Waals surface area (Å²) in [5, 5.41) is 0. The van der Waals surface area contributed by atoms with Crippen molar-refractivity contribution in [3.8, 4) is 11.1 Å². The van der Waals surface area contributed by atoms with Gasteiger partial charge in [-0.2, -0.15) is 13.2 Å². The SMILES string of the molecule is CCCC[C@H]1CC[C@H](c2ccc(-c3ccc(C(F)(F)F)nc3)cc2)CC1. The highest BCUT2D eigenvalue weighted by Crippen LogP contribution is 2.38. The Labute approximate surface area is 153 Å². The lowest BCUT2D eigenvalue weighted by Gasteiger charge is -2.29. The first kappa shape index (κ1) is 18.9. The molecule has 1 aliphatic carbocycles. The Morgan fingerprint density at radius 1 is 0.923 bits per heavy atom. The van der Waals surface area contributed by atoms with Crippen LogP contribution in [-0.2, 0) is 6.18 Å². The number of unbranched alkanes of at least 4 members (excludes halogenated alkanes) is 1. The molecule has 2 aromatic rings. The average Bonchev–Trinajstić information content (AvgIpc) is 2.66. The van der Waals surface area contributed by atoms with Gasteiger partial charge in [0, 0.05) is 11.8 Å². The van der Waals surface area contributed by atoms with E-state index in [2.05, 4.69) is 24.0 Å². The molecule has 0 atom stereocenters. The second kappa shape index (κ2) is 8.24. The molecule has 0 spiro atoms. The molecule has 0 radical (unpaired) electrons. The van der Waals surface area contributed by atoms with Gasteiger partial charge in [0.15, 0.2) is 0 Å². The Kier molecular flexibility index (Phi) is 6.00. The predicted octanol–water partition coefficient (Wildman–Crippen LogP) is 7.23. The molecule has 0 N–H and O–H groups in total. The van der Waals surface area contributed by atoms with Crippen molar-refractivity contribution in [2.75, 3.05) is 0 Å². The van der Waals surface area contributed by atoms with Crippen LogP contribution in [0.15, 0.2) is 42.6 Å². The summed E-state index contributed by atoms with van der Waals surface area (Å²) in [6.45, 7) is 2.25. The number of hydrogen-bond acceptors (Lipinski definition) is 1. The molecule has 0 unspecified atom stereocenters. The quantitative estimate of drug-likeness (QED) is 0.547. The van der Waals surface area contributed by atoms with Gasteiger partial charge in [-0.05, 0) is 54.7 Å². The summed E-state index contributed by atoms with van der Waals surface area (Å²) in [6, 6.07) is 10.8. The van der Waals surface area contributed by atoms with Gasteiger partial charge in [-0.3, -0.25) is 4.98 Å². The van der Waals surface area contributed by atoms with Gasteiger partial charge in [0.1, 0.15) is 5.69 Å². The molecule has 1 saturated carbocycles. The summed E-state index contributed by atoms with van der Waals surface area (Å²) in [4.78, 5) is 3.55. The van der Waals surface area contributed by atoms with E-state index >= 15 is 0 Å². The predicted molar refractivity (Wildman–Crippen MR) is 98.9 cm³/mol. The van der Waals surface area contributed by atoms with Crippen molar-refractivity contribution in [3.63, 3.8) is 0 Å². The van der Waals surface area contributed by atoms with Crippen LogP contribution in [0.5, 0.6) is 0 Å². The van der Waals surface area contributed by atoms with E-state index in [0.29, 0.717) is 11.5 Å². The van der Waals surface area contributed by atoms with E-state index in [9.17, 15) is 13.2 Å². The van der Waals surface area contributed by atoms with Crippen LogP contribution >= 0.6 is 0 Å². The van der Waals surface area contributed by atoms with E-state index in [1.807, 2.05) is 12.1 Å². The molecular weight excluding hydrogens is 335 g/mol. The molecule has 0 amide bonds. The first-order valence-electron chi connectivity index (χ1n) is 9.61. The summed E-state index contributed by atoms with van der Waals surface area (Å²) >= 11 is 0. The summed E-state index contributed by atoms with van der Waals surface area (Å²) < 4.78 is 37.8. The number of pyridine rings is 1. The topological polar surface area (TPSA) is 12.9 Å². The van der Waals surface area contributed by atoms with Crippen molar-refractivity contribution in [1.29, 1.82) is 0 Å². The number of alkyl halides is 3. The highest BCUT2D eigenvalue weighted by molar-refractivity contribution is 5.62. The van der Waals surface area contributed by atoms with Gasteiger partial charge in [0.25, 0.3) is 0 Å². The fourth-order valence-electron chi connectivity index (χ4n) is 3.96. The minimum Gasteiger partial charge on any atom is -0.251 e. The van der Waals surface area contributed by atoms with Crippen LogP contribution in [0, 0.1) is 5.92 Å². The highest BCUT2D eigenvalue weighted by Gasteiger charge is 2.32. The second-order valence-corrected chi connectivity index (χ2v) is 7.41. The average molecular weight is 361 g/mol. The molecule has 0 saturated heterocycles. The molecule has 0 aliphatic heterocycles. The number of nitrogens with zero attached hydrogens (tertiary/aromatic N) is 1. The largest absolute Gasteiger partial charge is 0.433 e. The minimum absolute atomic E-state index is 0.618. The van der Waals surface area contributed by atoms with Gasteiger partial charge in [-0.15, -0.1) is 0 Å². The summed E-state index contributed by atoms with van der Waals surface area (Å²) in [5.41, 5.74) is 2.12. The Balaban J connectivity index is 1.62. The molecule has 0 bridgehead atoms. The Hall–Kier alpha value is -1.84. The van der Waals surface area contributed by atoms with Crippen molar-refractivity contribution in [1.82, 2.24) is 4.98 Å². The molecule has 1 aromatic carbocycles. The van der Waals surface area contributed by atoms with Crippen molar-refractivity contribution in [3.05, 3.63) is 53.9 Å². The van der Waals surface area contributed by atoms with E-state index in [-0.39, 0.29) is 0 Å². The van der Waals surface area contributed by atoms with Gasteiger partial charge in [-0.1, -0.05) is 56.5 Å². The monoisotopic (exact) mass is 361 g/mol. The summed E-state index contributed by atoms with van der Waals surface area (Å²) in [5.74, 6) is 1.51. The van der Waals surface area contributed by atoms with E-state index in [4.69, 9.17) is 0 Å². The number of hydrogen-bond donors (Lipinski definition) is 0. The summed E-state index contributed by atoms with van der Waals surface area (Å²) in [6.07, 6.45) is 6.01. The third-order valence-corrected chi connectivity index (χ3v) is 5.58. The van der Waals surface area contributed by atoms with Crippen molar-refractivity contribution in [2.24, 2.45) is 5.92 Å². The zero-order valence-corrected chi connectivity index (χ0v) is 15.2. The molecule has 1 aromatic heterocycles. The zero-order chi connectivity index (χ0) is 18.6. The summed E-state index contributed by atoms with van der Waals surface area (Å²) in [7, 11) is 0. The van der Waals surface area contributed by atoms with Gasteiger partial charge < -0.3 is 0 Å². The fraction of sp³-hybridized carbons (Fsp3) is 0.500. The maximum absolute atomic E-state index is 12.6. The third-order valence-electron chi connectivity index (χ3n) is 5.58. The number of aromatic nitrogens is 1. The van der Waals surface area contributed by atoms with Crippen LogP contribution in [0.2, 0.25) is 0 Å². The molecule has 1 aliphatic rings. The fourth-order valence-corrected chi connectivity index (χ4v) is 3.96. The first-order valence-corrected chi connectivity index (χ1v) is 9.61. The van der Waals surface area contributed by atoms with E-state index in [1.54, 1.807) is 0 Å². The van der Waals surface area contributed by atoms with Gasteiger partial charge in [-0.25, -0.2) is 0 Å². The standard InChI is InChI=1S/C22H26F3N/c1-2-3-4-16-5-7-17(8-6-16)18-9-11-19(12-10-18)20-13-14-21(26-15-20)22(23,24)25/h9-17H,2-8H2,1H3/t16-,17-. The van der Waals surface area contributed by atoms with Gasteiger partial charge >= 0.3 is 6.18 Å². The van der Waals surface area contributed by atoms with Crippen molar-refractivity contribution >= 4 is 0 Å². The van der Waals surface area contributed by atoms with Crippen LogP contribution < -0.4 is 0 Å². The van der Waals surface area contributed by atoms with Gasteiger partial charge in [0.05, 0.1) is 0 Å². The lowest BCUT2D eigenvalue weighted by atomic mass is 9.77. The van der Waals surface area contributed by atoms with Crippen molar-refractivity contribution < 1.29 is 13.2 Å². The molecule has 140 valence electrons. The Bertz CT molecular complexity index is 681. The normalized spacial score (nSPS) is 20.9. The minimum atomic E-state index is -4.39. The number of rotatable bonds is 5. The van der Waals surface area contributed by atoms with Crippen LogP contribution in [0.3, 0.4) is 0 Å². The molecule has 1 fully saturated rings. The Morgan fingerprint density at radius 3 is 2.12 bits per heavy atom.